The first-order valence-corrected chi connectivity index (χ1v) is 2.87. The van der Waals surface area contributed by atoms with Gasteiger partial charge in [0.05, 0.1) is 0 Å². The van der Waals surface area contributed by atoms with E-state index in [-0.39, 0.29) is 29.6 Å². The Morgan fingerprint density at radius 3 is 2.10 bits per heavy atom. The monoisotopic (exact) mass is 142 g/mol. The van der Waals surface area contributed by atoms with Crippen LogP contribution in [0.1, 0.15) is 11.1 Å². The van der Waals surface area contributed by atoms with E-state index in [0.717, 1.165) is 5.56 Å². The van der Waals surface area contributed by atoms with Gasteiger partial charge in [-0.2, -0.15) is 0 Å². The van der Waals surface area contributed by atoms with Crippen molar-refractivity contribution in [1.82, 2.24) is 0 Å². The Hall–Kier alpha value is -0.240. The van der Waals surface area contributed by atoms with Crippen LogP contribution < -0.4 is 0 Å². The van der Waals surface area contributed by atoms with Gasteiger partial charge in [0.2, 0.25) is 0 Å². The molecule has 0 aliphatic heterocycles. The van der Waals surface area contributed by atoms with Crippen LogP contribution in [0.4, 0.5) is 0 Å². The Morgan fingerprint density at radius 2 is 1.70 bits per heavy atom. The maximum atomic E-state index is 8.94. The first-order valence-electron chi connectivity index (χ1n) is 2.87. The molecule has 2 heteroatoms. The molecular formula is C8H7NaO. The van der Waals surface area contributed by atoms with E-state index in [4.69, 9.17) is 5.11 Å². The summed E-state index contributed by atoms with van der Waals surface area (Å²) in [6.45, 7) is 0. The third-order valence-corrected chi connectivity index (χ3v) is 1.51. The van der Waals surface area contributed by atoms with Crippen LogP contribution in [-0.4, -0.2) is 34.7 Å². The molecule has 0 heterocycles. The number of aromatic hydroxyl groups is 1. The summed E-state index contributed by atoms with van der Waals surface area (Å²) >= 11 is 0. The second-order valence-electron chi connectivity index (χ2n) is 2.15. The van der Waals surface area contributed by atoms with Crippen LogP contribution in [0.3, 0.4) is 0 Å². The Morgan fingerprint density at radius 1 is 1.00 bits per heavy atom. The zero-order valence-corrected chi connectivity index (χ0v) is 4.83. The normalized spacial score (nSPS) is 11.2. The van der Waals surface area contributed by atoms with Gasteiger partial charge in [-0.15, -0.1) is 0 Å². The van der Waals surface area contributed by atoms with Crippen LogP contribution in [0.15, 0.2) is 18.2 Å². The van der Waals surface area contributed by atoms with E-state index in [1.54, 1.807) is 12.1 Å². The first kappa shape index (κ1) is 7.86. The molecule has 2 rings (SSSR count). The molecule has 10 heavy (non-hydrogen) atoms. The fourth-order valence-electron chi connectivity index (χ4n) is 0.942. The van der Waals surface area contributed by atoms with Gasteiger partial charge in [0, 0.05) is 0 Å². The number of rotatable bonds is 0. The molecular weight excluding hydrogens is 135 g/mol. The molecule has 1 nitrogen and oxygen atoms in total. The number of hydrogen-bond donors (Lipinski definition) is 1. The van der Waals surface area contributed by atoms with Crippen molar-refractivity contribution in [2.75, 3.05) is 0 Å². The molecule has 0 saturated carbocycles. The van der Waals surface area contributed by atoms with E-state index in [1.807, 2.05) is 18.2 Å². The van der Waals surface area contributed by atoms with Gasteiger partial charge in [-0.3, -0.25) is 0 Å². The average molecular weight is 142 g/mol. The molecule has 0 unspecified atom stereocenters. The van der Waals surface area contributed by atoms with E-state index in [9.17, 15) is 0 Å². The Kier molecular flexibility index (Phi) is 2.19. The van der Waals surface area contributed by atoms with E-state index >= 15 is 0 Å². The van der Waals surface area contributed by atoms with Crippen LogP contribution >= 0.6 is 0 Å². The van der Waals surface area contributed by atoms with Crippen molar-refractivity contribution in [1.29, 1.82) is 0 Å². The molecule has 0 spiro atoms. The fraction of sp³-hybridized carbons (Fsp3) is 0. The van der Waals surface area contributed by atoms with Gasteiger partial charge in [0.1, 0.15) is 5.75 Å². The molecule has 0 atom stereocenters. The molecule has 0 bridgehead atoms. The van der Waals surface area contributed by atoms with Crippen LogP contribution in [0.5, 0.6) is 5.75 Å². The summed E-state index contributed by atoms with van der Waals surface area (Å²) < 4.78 is 0. The van der Waals surface area contributed by atoms with Gasteiger partial charge >= 0.3 is 29.6 Å². The second kappa shape index (κ2) is 2.79. The number of benzene rings is 1. The summed E-state index contributed by atoms with van der Waals surface area (Å²) in [6.07, 6.45) is 4.00. The van der Waals surface area contributed by atoms with Crippen molar-refractivity contribution in [3.8, 4) is 5.75 Å². The Bertz CT molecular complexity index is 279. The van der Waals surface area contributed by atoms with Crippen molar-refractivity contribution >= 4 is 41.7 Å². The maximum absolute atomic E-state index is 8.94. The molecule has 46 valence electrons. The summed E-state index contributed by atoms with van der Waals surface area (Å²) in [6, 6.07) is 5.36. The third-order valence-electron chi connectivity index (χ3n) is 1.51. The predicted molar refractivity (Wildman–Crippen MR) is 44.2 cm³/mol. The number of phenolic OH excluding ortho intramolecular Hbond substituents is 1. The van der Waals surface area contributed by atoms with Gasteiger partial charge in [-0.05, 0) is 23.3 Å². The molecule has 0 aromatic heterocycles. The molecule has 1 N–H and O–H groups in total. The predicted octanol–water partition coefficient (Wildman–Crippen LogP) is 1.23. The summed E-state index contributed by atoms with van der Waals surface area (Å²) in [5.74, 6) is 0.345. The number of fused-ring (bicyclic) bond motifs is 1. The molecule has 0 radical (unpaired) electrons. The van der Waals surface area contributed by atoms with Crippen molar-refractivity contribution in [2.45, 2.75) is 0 Å². The van der Waals surface area contributed by atoms with E-state index in [1.165, 1.54) is 5.56 Å². The van der Waals surface area contributed by atoms with Gasteiger partial charge in [-0.25, -0.2) is 0 Å². The van der Waals surface area contributed by atoms with Crippen LogP contribution in [0, 0.1) is 0 Å². The quantitative estimate of drug-likeness (QED) is 0.548. The van der Waals surface area contributed by atoms with Gasteiger partial charge in [-0.1, -0.05) is 18.2 Å². The summed E-state index contributed by atoms with van der Waals surface area (Å²) in [7, 11) is 0. The standard InChI is InChI=1S/C8H6O.Na.H/c9-8-4-3-6-1-2-7(6)5-8;;/h1-5,9H;;. The zero-order chi connectivity index (χ0) is 6.27. The molecule has 1 aromatic rings. The third kappa shape index (κ3) is 1.12. The van der Waals surface area contributed by atoms with E-state index in [2.05, 4.69) is 0 Å². The summed E-state index contributed by atoms with van der Waals surface area (Å²) in [5.41, 5.74) is 2.35. The Balaban J connectivity index is 0.000000500. The van der Waals surface area contributed by atoms with Crippen molar-refractivity contribution in [3.05, 3.63) is 29.3 Å². The number of phenols is 1. The van der Waals surface area contributed by atoms with Gasteiger partial charge in [0.15, 0.2) is 0 Å². The van der Waals surface area contributed by atoms with Crippen molar-refractivity contribution < 1.29 is 5.11 Å². The van der Waals surface area contributed by atoms with E-state index in [0.29, 0.717) is 5.75 Å². The van der Waals surface area contributed by atoms with Crippen LogP contribution in [0.2, 0.25) is 0 Å². The van der Waals surface area contributed by atoms with E-state index < -0.39 is 0 Å². The van der Waals surface area contributed by atoms with Gasteiger partial charge < -0.3 is 5.11 Å². The Labute approximate surface area is 81.7 Å². The molecule has 0 saturated heterocycles. The fourth-order valence-corrected chi connectivity index (χ4v) is 0.942. The number of hydrogen-bond acceptors (Lipinski definition) is 1. The van der Waals surface area contributed by atoms with Gasteiger partial charge in [0.25, 0.3) is 0 Å². The average Bonchev–Trinajstić information content (AvgIpc) is 1.78. The minimum atomic E-state index is 0. The van der Waals surface area contributed by atoms with Crippen molar-refractivity contribution in [3.63, 3.8) is 0 Å². The molecule has 0 amide bonds. The second-order valence-corrected chi connectivity index (χ2v) is 2.15. The minimum absolute atomic E-state index is 0. The summed E-state index contributed by atoms with van der Waals surface area (Å²) in [5, 5.41) is 8.94. The SMILES string of the molecule is Oc1ccc2c(c1)C=C2.[NaH]. The summed E-state index contributed by atoms with van der Waals surface area (Å²) in [4.78, 5) is 0. The van der Waals surface area contributed by atoms with Crippen LogP contribution in [-0.2, 0) is 0 Å². The molecule has 0 fully saturated rings. The van der Waals surface area contributed by atoms with Crippen LogP contribution in [0.25, 0.3) is 12.2 Å². The molecule has 1 aliphatic rings. The zero-order valence-electron chi connectivity index (χ0n) is 4.83. The van der Waals surface area contributed by atoms with Crippen molar-refractivity contribution in [2.24, 2.45) is 0 Å². The topological polar surface area (TPSA) is 20.2 Å². The first-order chi connectivity index (χ1) is 4.36. The molecule has 1 aliphatic carbocycles. The molecule has 1 aromatic carbocycles.